The quantitative estimate of drug-likeness (QED) is 0.873. The van der Waals surface area contributed by atoms with Gasteiger partial charge >= 0.3 is 0 Å². The third-order valence-corrected chi connectivity index (χ3v) is 4.01. The molecule has 106 valence electrons. The molecule has 2 rings (SSSR count). The predicted octanol–water partition coefficient (Wildman–Crippen LogP) is 1.73. The number of rotatable bonds is 3. The number of nitrogens with two attached hydrogens (primary N) is 1. The molecule has 19 heavy (non-hydrogen) atoms. The molecular weight excluding hydrogens is 240 g/mol. The van der Waals surface area contributed by atoms with Gasteiger partial charge in [-0.3, -0.25) is 9.89 Å². The van der Waals surface area contributed by atoms with Crippen molar-refractivity contribution in [1.82, 2.24) is 15.1 Å². The van der Waals surface area contributed by atoms with E-state index in [2.05, 4.69) is 24.0 Å². The van der Waals surface area contributed by atoms with E-state index in [1.165, 1.54) is 0 Å². The van der Waals surface area contributed by atoms with Crippen LogP contribution < -0.4 is 5.73 Å². The molecule has 5 nitrogen and oxygen atoms in total. The molecular formula is C14H24N4O. The number of nitrogens with one attached hydrogen (secondary N) is 1. The Morgan fingerprint density at radius 1 is 1.42 bits per heavy atom. The molecule has 1 aliphatic rings. The number of carbonyl (C=O) groups excluding carboxylic acids is 1. The van der Waals surface area contributed by atoms with Gasteiger partial charge in [0.25, 0.3) is 5.91 Å². The summed E-state index contributed by atoms with van der Waals surface area (Å²) in [7, 11) is 0. The maximum Gasteiger partial charge on any atom is 0.274 e. The van der Waals surface area contributed by atoms with Gasteiger partial charge in [0.05, 0.1) is 0 Å². The average molecular weight is 264 g/mol. The van der Waals surface area contributed by atoms with Gasteiger partial charge in [-0.1, -0.05) is 13.8 Å². The number of aromatic amines is 1. The number of H-pyrrole nitrogens is 1. The number of hydrogen-bond acceptors (Lipinski definition) is 3. The lowest BCUT2D eigenvalue weighted by Crippen LogP contribution is -2.42. The summed E-state index contributed by atoms with van der Waals surface area (Å²) in [6, 6.07) is 2.08. The minimum absolute atomic E-state index is 0.0336. The van der Waals surface area contributed by atoms with Gasteiger partial charge in [-0.05, 0) is 37.7 Å². The van der Waals surface area contributed by atoms with Crippen molar-refractivity contribution in [3.05, 3.63) is 17.5 Å². The number of carbonyl (C=O) groups is 1. The van der Waals surface area contributed by atoms with E-state index in [1.54, 1.807) is 0 Å². The molecule has 0 bridgehead atoms. The lowest BCUT2D eigenvalue weighted by atomic mass is 9.91. The second-order valence-electron chi connectivity index (χ2n) is 5.85. The SMILES string of the molecule is CC(C)c1cc(C(=O)N2CCC(C(C)N)CC2)n[nH]1. The summed E-state index contributed by atoms with van der Waals surface area (Å²) in [6.07, 6.45) is 1.98. The van der Waals surface area contributed by atoms with Crippen LogP contribution in [-0.4, -0.2) is 40.1 Å². The zero-order chi connectivity index (χ0) is 14.0. The van der Waals surface area contributed by atoms with Crippen molar-refractivity contribution in [2.45, 2.75) is 45.6 Å². The molecule has 1 aliphatic heterocycles. The molecule has 0 aromatic carbocycles. The number of hydrogen-bond donors (Lipinski definition) is 2. The zero-order valence-corrected chi connectivity index (χ0v) is 12.0. The molecule has 1 atom stereocenters. The minimum Gasteiger partial charge on any atom is -0.337 e. The van der Waals surface area contributed by atoms with Crippen molar-refractivity contribution in [2.75, 3.05) is 13.1 Å². The third kappa shape index (κ3) is 3.15. The highest BCUT2D eigenvalue weighted by Gasteiger charge is 2.26. The van der Waals surface area contributed by atoms with E-state index in [9.17, 15) is 4.79 Å². The maximum atomic E-state index is 12.3. The molecule has 1 unspecified atom stereocenters. The summed E-state index contributed by atoms with van der Waals surface area (Å²) in [6.45, 7) is 7.78. The first-order valence-electron chi connectivity index (χ1n) is 7.09. The number of likely N-dealkylation sites (tertiary alicyclic amines) is 1. The molecule has 1 aromatic rings. The fraction of sp³-hybridized carbons (Fsp3) is 0.714. The standard InChI is InChI=1S/C14H24N4O/c1-9(2)12-8-13(17-16-12)14(19)18-6-4-11(5-7-18)10(3)15/h8-11H,4-7,15H2,1-3H3,(H,16,17). The van der Waals surface area contributed by atoms with E-state index in [0.29, 0.717) is 17.5 Å². The van der Waals surface area contributed by atoms with Crippen LogP contribution in [0.2, 0.25) is 0 Å². The number of aromatic nitrogens is 2. The molecule has 0 saturated carbocycles. The van der Waals surface area contributed by atoms with Gasteiger partial charge in [0, 0.05) is 24.8 Å². The van der Waals surface area contributed by atoms with Crippen LogP contribution in [0.1, 0.15) is 55.7 Å². The predicted molar refractivity (Wildman–Crippen MR) is 75.0 cm³/mol. The monoisotopic (exact) mass is 264 g/mol. The van der Waals surface area contributed by atoms with E-state index in [4.69, 9.17) is 5.73 Å². The maximum absolute atomic E-state index is 12.3. The van der Waals surface area contributed by atoms with Crippen molar-refractivity contribution in [2.24, 2.45) is 11.7 Å². The van der Waals surface area contributed by atoms with Gasteiger partial charge in [-0.25, -0.2) is 0 Å². The minimum atomic E-state index is 0.0336. The van der Waals surface area contributed by atoms with E-state index >= 15 is 0 Å². The highest BCUT2D eigenvalue weighted by atomic mass is 16.2. The Labute approximate surface area is 114 Å². The van der Waals surface area contributed by atoms with Gasteiger partial charge in [0.1, 0.15) is 5.69 Å². The van der Waals surface area contributed by atoms with Crippen LogP contribution in [0.15, 0.2) is 6.07 Å². The molecule has 1 fully saturated rings. The Bertz CT molecular complexity index is 430. The van der Waals surface area contributed by atoms with Crippen LogP contribution in [0.25, 0.3) is 0 Å². The van der Waals surface area contributed by atoms with E-state index < -0.39 is 0 Å². The number of amides is 1. The molecule has 0 spiro atoms. The molecule has 2 heterocycles. The van der Waals surface area contributed by atoms with Gasteiger partial charge in [-0.2, -0.15) is 5.10 Å². The summed E-state index contributed by atoms with van der Waals surface area (Å²) in [4.78, 5) is 14.2. The zero-order valence-electron chi connectivity index (χ0n) is 12.0. The normalized spacial score (nSPS) is 18.9. The Kier molecular flexibility index (Phi) is 4.24. The second kappa shape index (κ2) is 5.74. The summed E-state index contributed by atoms with van der Waals surface area (Å²) >= 11 is 0. The topological polar surface area (TPSA) is 75.0 Å². The molecule has 3 N–H and O–H groups in total. The summed E-state index contributed by atoms with van der Waals surface area (Å²) in [5, 5.41) is 7.06. The van der Waals surface area contributed by atoms with Crippen molar-refractivity contribution in [3.8, 4) is 0 Å². The second-order valence-corrected chi connectivity index (χ2v) is 5.85. The Morgan fingerprint density at radius 3 is 2.53 bits per heavy atom. The molecule has 0 aliphatic carbocycles. The summed E-state index contributed by atoms with van der Waals surface area (Å²) < 4.78 is 0. The lowest BCUT2D eigenvalue weighted by molar-refractivity contribution is 0.0675. The van der Waals surface area contributed by atoms with E-state index in [-0.39, 0.29) is 11.9 Å². The Balaban J connectivity index is 1.97. The van der Waals surface area contributed by atoms with Crippen molar-refractivity contribution < 1.29 is 4.79 Å². The number of piperidine rings is 1. The molecule has 5 heteroatoms. The van der Waals surface area contributed by atoms with E-state index in [1.807, 2.05) is 17.9 Å². The molecule has 1 aromatic heterocycles. The van der Waals surface area contributed by atoms with Gasteiger partial charge in [0.2, 0.25) is 0 Å². The van der Waals surface area contributed by atoms with Gasteiger partial charge in [-0.15, -0.1) is 0 Å². The van der Waals surface area contributed by atoms with Crippen molar-refractivity contribution >= 4 is 5.91 Å². The van der Waals surface area contributed by atoms with Crippen LogP contribution in [0.4, 0.5) is 0 Å². The van der Waals surface area contributed by atoms with Crippen molar-refractivity contribution in [1.29, 1.82) is 0 Å². The first kappa shape index (κ1) is 14.1. The smallest absolute Gasteiger partial charge is 0.274 e. The molecule has 1 saturated heterocycles. The highest BCUT2D eigenvalue weighted by Crippen LogP contribution is 2.21. The largest absolute Gasteiger partial charge is 0.337 e. The van der Waals surface area contributed by atoms with Crippen LogP contribution in [0.5, 0.6) is 0 Å². The fourth-order valence-corrected chi connectivity index (χ4v) is 2.53. The third-order valence-electron chi connectivity index (χ3n) is 4.01. The fourth-order valence-electron chi connectivity index (χ4n) is 2.53. The Hall–Kier alpha value is -1.36. The first-order chi connectivity index (χ1) is 8.99. The Morgan fingerprint density at radius 2 is 2.05 bits per heavy atom. The van der Waals surface area contributed by atoms with Gasteiger partial charge in [0.15, 0.2) is 0 Å². The first-order valence-corrected chi connectivity index (χ1v) is 7.09. The summed E-state index contributed by atoms with van der Waals surface area (Å²) in [5.74, 6) is 0.929. The highest BCUT2D eigenvalue weighted by molar-refractivity contribution is 5.92. The van der Waals surface area contributed by atoms with Crippen LogP contribution in [0.3, 0.4) is 0 Å². The summed E-state index contributed by atoms with van der Waals surface area (Å²) in [5.41, 5.74) is 7.45. The van der Waals surface area contributed by atoms with Crippen LogP contribution in [-0.2, 0) is 0 Å². The molecule has 0 radical (unpaired) electrons. The van der Waals surface area contributed by atoms with Crippen LogP contribution >= 0.6 is 0 Å². The lowest BCUT2D eigenvalue weighted by Gasteiger charge is -2.33. The average Bonchev–Trinajstić information content (AvgIpc) is 2.87. The van der Waals surface area contributed by atoms with Crippen LogP contribution in [0, 0.1) is 5.92 Å². The van der Waals surface area contributed by atoms with Gasteiger partial charge < -0.3 is 10.6 Å². The van der Waals surface area contributed by atoms with Crippen molar-refractivity contribution in [3.63, 3.8) is 0 Å². The van der Waals surface area contributed by atoms with E-state index in [0.717, 1.165) is 31.6 Å². The number of nitrogens with zero attached hydrogens (tertiary/aromatic N) is 2. The molecule has 1 amide bonds.